The minimum Gasteiger partial charge on any atom is -0.310 e. The standard InChI is InChI=1S/C19H24FN3O/c1-19(2,3)16-12-17(21-18(24)13-7-4-5-8-13)23(22-16)15-10-6-9-14(20)11-15/h6,9-13H,4-5,7-8H2,1-3H3,(H,21,24). The van der Waals surface area contributed by atoms with E-state index in [1.807, 2.05) is 6.07 Å². The van der Waals surface area contributed by atoms with Gasteiger partial charge < -0.3 is 5.32 Å². The van der Waals surface area contributed by atoms with Crippen molar-refractivity contribution < 1.29 is 9.18 Å². The average molecular weight is 329 g/mol. The van der Waals surface area contributed by atoms with Gasteiger partial charge in [0.15, 0.2) is 0 Å². The topological polar surface area (TPSA) is 46.9 Å². The van der Waals surface area contributed by atoms with Crippen LogP contribution in [0.3, 0.4) is 0 Å². The first-order chi connectivity index (χ1) is 11.3. The van der Waals surface area contributed by atoms with Gasteiger partial charge >= 0.3 is 0 Å². The number of benzene rings is 1. The minimum absolute atomic E-state index is 0.0329. The van der Waals surface area contributed by atoms with E-state index in [0.29, 0.717) is 11.5 Å². The highest BCUT2D eigenvalue weighted by Gasteiger charge is 2.26. The third kappa shape index (κ3) is 3.50. The maximum Gasteiger partial charge on any atom is 0.228 e. The molecule has 0 atom stereocenters. The molecule has 24 heavy (non-hydrogen) atoms. The molecule has 4 nitrogen and oxygen atoms in total. The molecule has 1 saturated carbocycles. The van der Waals surface area contributed by atoms with E-state index in [1.54, 1.807) is 16.8 Å². The van der Waals surface area contributed by atoms with Gasteiger partial charge in [0.25, 0.3) is 0 Å². The summed E-state index contributed by atoms with van der Waals surface area (Å²) >= 11 is 0. The van der Waals surface area contributed by atoms with Crippen LogP contribution in [-0.4, -0.2) is 15.7 Å². The van der Waals surface area contributed by atoms with Gasteiger partial charge in [-0.05, 0) is 31.0 Å². The summed E-state index contributed by atoms with van der Waals surface area (Å²) in [5, 5.41) is 7.61. The van der Waals surface area contributed by atoms with Crippen LogP contribution in [0, 0.1) is 11.7 Å². The monoisotopic (exact) mass is 329 g/mol. The fraction of sp³-hybridized carbons (Fsp3) is 0.474. The summed E-state index contributed by atoms with van der Waals surface area (Å²) in [6.07, 6.45) is 4.08. The number of nitrogens with zero attached hydrogens (tertiary/aromatic N) is 2. The fourth-order valence-electron chi connectivity index (χ4n) is 3.06. The molecule has 1 aromatic carbocycles. The molecule has 3 rings (SSSR count). The Bertz CT molecular complexity index is 739. The van der Waals surface area contributed by atoms with E-state index >= 15 is 0 Å². The Labute approximate surface area is 142 Å². The highest BCUT2D eigenvalue weighted by molar-refractivity contribution is 5.92. The van der Waals surface area contributed by atoms with Gasteiger partial charge in [-0.1, -0.05) is 39.7 Å². The molecule has 0 radical (unpaired) electrons. The smallest absolute Gasteiger partial charge is 0.228 e. The molecule has 2 aromatic rings. The molecule has 0 spiro atoms. The molecule has 0 bridgehead atoms. The van der Waals surface area contributed by atoms with Crippen LogP contribution in [0.25, 0.3) is 5.69 Å². The molecule has 128 valence electrons. The number of hydrogen-bond donors (Lipinski definition) is 1. The largest absolute Gasteiger partial charge is 0.310 e. The molecule has 1 aliphatic rings. The number of anilines is 1. The summed E-state index contributed by atoms with van der Waals surface area (Å²) in [7, 11) is 0. The zero-order chi connectivity index (χ0) is 17.3. The molecule has 0 aliphatic heterocycles. The van der Waals surface area contributed by atoms with Crippen molar-refractivity contribution >= 4 is 11.7 Å². The summed E-state index contributed by atoms with van der Waals surface area (Å²) in [6.45, 7) is 6.19. The second-order valence-corrected chi connectivity index (χ2v) is 7.53. The molecule has 0 unspecified atom stereocenters. The van der Waals surface area contributed by atoms with Gasteiger partial charge in [0.2, 0.25) is 5.91 Å². The minimum atomic E-state index is -0.326. The van der Waals surface area contributed by atoms with Crippen LogP contribution in [0.15, 0.2) is 30.3 Å². The van der Waals surface area contributed by atoms with Gasteiger partial charge in [0.1, 0.15) is 11.6 Å². The van der Waals surface area contributed by atoms with Crippen LogP contribution < -0.4 is 5.32 Å². The Hall–Kier alpha value is -2.17. The van der Waals surface area contributed by atoms with E-state index in [-0.39, 0.29) is 23.1 Å². The summed E-state index contributed by atoms with van der Waals surface area (Å²) in [4.78, 5) is 12.5. The van der Waals surface area contributed by atoms with Gasteiger partial charge in [-0.3, -0.25) is 4.79 Å². The first kappa shape index (κ1) is 16.7. The number of amides is 1. The lowest BCUT2D eigenvalue weighted by atomic mass is 9.92. The van der Waals surface area contributed by atoms with Gasteiger partial charge in [0, 0.05) is 17.4 Å². The van der Waals surface area contributed by atoms with Crippen molar-refractivity contribution in [2.45, 2.75) is 51.9 Å². The number of halogens is 1. The van der Waals surface area contributed by atoms with Crippen molar-refractivity contribution in [3.63, 3.8) is 0 Å². The quantitative estimate of drug-likeness (QED) is 0.905. The van der Waals surface area contributed by atoms with Gasteiger partial charge in [-0.25, -0.2) is 9.07 Å². The normalized spacial score (nSPS) is 15.7. The number of rotatable bonds is 3. The lowest BCUT2D eigenvalue weighted by Gasteiger charge is -2.14. The highest BCUT2D eigenvalue weighted by atomic mass is 19.1. The van der Waals surface area contributed by atoms with Crippen molar-refractivity contribution in [2.24, 2.45) is 5.92 Å². The molecule has 1 heterocycles. The molecule has 0 saturated heterocycles. The predicted molar refractivity (Wildman–Crippen MR) is 92.8 cm³/mol. The van der Waals surface area contributed by atoms with E-state index in [9.17, 15) is 9.18 Å². The zero-order valence-electron chi connectivity index (χ0n) is 14.5. The van der Waals surface area contributed by atoms with Crippen molar-refractivity contribution in [3.8, 4) is 5.69 Å². The summed E-state index contributed by atoms with van der Waals surface area (Å²) < 4.78 is 15.2. The van der Waals surface area contributed by atoms with E-state index in [0.717, 1.165) is 31.4 Å². The Balaban J connectivity index is 1.96. The highest BCUT2D eigenvalue weighted by Crippen LogP contribution is 2.29. The van der Waals surface area contributed by atoms with Crippen LogP contribution in [0.2, 0.25) is 0 Å². The van der Waals surface area contributed by atoms with E-state index in [2.05, 4.69) is 31.2 Å². The van der Waals surface area contributed by atoms with Crippen LogP contribution in [-0.2, 0) is 10.2 Å². The molecule has 5 heteroatoms. The number of carbonyl (C=O) groups is 1. The van der Waals surface area contributed by atoms with Crippen LogP contribution >= 0.6 is 0 Å². The summed E-state index contributed by atoms with van der Waals surface area (Å²) in [5.41, 5.74) is 1.30. The summed E-state index contributed by atoms with van der Waals surface area (Å²) in [5.74, 6) is 0.375. The van der Waals surface area contributed by atoms with E-state index in [4.69, 9.17) is 0 Å². The Morgan fingerprint density at radius 3 is 2.58 bits per heavy atom. The predicted octanol–water partition coefficient (Wildman–Crippen LogP) is 4.44. The average Bonchev–Trinajstić information content (AvgIpc) is 3.16. The molecule has 1 amide bonds. The molecule has 1 aromatic heterocycles. The van der Waals surface area contributed by atoms with Crippen molar-refractivity contribution in [1.29, 1.82) is 0 Å². The molecule has 1 fully saturated rings. The molecular formula is C19H24FN3O. The number of carbonyl (C=O) groups excluding carboxylic acids is 1. The lowest BCUT2D eigenvalue weighted by molar-refractivity contribution is -0.119. The van der Waals surface area contributed by atoms with Crippen LogP contribution in [0.4, 0.5) is 10.2 Å². The molecule has 1 aliphatic carbocycles. The fourth-order valence-corrected chi connectivity index (χ4v) is 3.06. The molecular weight excluding hydrogens is 305 g/mol. The maximum absolute atomic E-state index is 13.6. The first-order valence-corrected chi connectivity index (χ1v) is 8.52. The van der Waals surface area contributed by atoms with Crippen LogP contribution in [0.5, 0.6) is 0 Å². The van der Waals surface area contributed by atoms with E-state index in [1.165, 1.54) is 12.1 Å². The van der Waals surface area contributed by atoms with Gasteiger partial charge in [0.05, 0.1) is 11.4 Å². The van der Waals surface area contributed by atoms with E-state index < -0.39 is 0 Å². The second-order valence-electron chi connectivity index (χ2n) is 7.53. The number of nitrogens with one attached hydrogen (secondary N) is 1. The SMILES string of the molecule is CC(C)(C)c1cc(NC(=O)C2CCCC2)n(-c2cccc(F)c2)n1. The number of hydrogen-bond acceptors (Lipinski definition) is 2. The van der Waals surface area contributed by atoms with Crippen molar-refractivity contribution in [1.82, 2.24) is 9.78 Å². The summed E-state index contributed by atoms with van der Waals surface area (Å²) in [6, 6.07) is 8.14. The maximum atomic E-state index is 13.6. The third-order valence-corrected chi connectivity index (χ3v) is 4.51. The Morgan fingerprint density at radius 1 is 1.25 bits per heavy atom. The Morgan fingerprint density at radius 2 is 1.96 bits per heavy atom. The first-order valence-electron chi connectivity index (χ1n) is 8.52. The second kappa shape index (κ2) is 6.38. The molecule has 1 N–H and O–H groups in total. The van der Waals surface area contributed by atoms with Crippen molar-refractivity contribution in [2.75, 3.05) is 5.32 Å². The van der Waals surface area contributed by atoms with Gasteiger partial charge in [-0.15, -0.1) is 0 Å². The third-order valence-electron chi connectivity index (χ3n) is 4.51. The lowest BCUT2D eigenvalue weighted by Crippen LogP contribution is -2.22. The van der Waals surface area contributed by atoms with Crippen LogP contribution in [0.1, 0.15) is 52.1 Å². The number of aromatic nitrogens is 2. The zero-order valence-corrected chi connectivity index (χ0v) is 14.5. The Kier molecular flexibility index (Phi) is 4.43. The van der Waals surface area contributed by atoms with Gasteiger partial charge in [-0.2, -0.15) is 5.10 Å². The van der Waals surface area contributed by atoms with Crippen molar-refractivity contribution in [3.05, 3.63) is 41.8 Å².